The zero-order valence-electron chi connectivity index (χ0n) is 10.3. The van der Waals surface area contributed by atoms with E-state index in [-0.39, 0.29) is 0 Å². The van der Waals surface area contributed by atoms with Crippen LogP contribution in [0.1, 0.15) is 13.8 Å². The van der Waals surface area contributed by atoms with Gasteiger partial charge in [-0.1, -0.05) is 11.6 Å². The number of benzene rings is 1. The van der Waals surface area contributed by atoms with Gasteiger partial charge in [0.2, 0.25) is 0 Å². The monoisotopic (exact) mass is 268 g/mol. The number of anilines is 1. The lowest BCUT2D eigenvalue weighted by molar-refractivity contribution is 0.0890. The van der Waals surface area contributed by atoms with Crippen LogP contribution in [-0.4, -0.2) is 18.8 Å². The molecule has 1 N–H and O–H groups in total. The normalized spacial score (nSPS) is 10.4. The molecule has 0 saturated carbocycles. The van der Waals surface area contributed by atoms with E-state index in [0.717, 1.165) is 0 Å². The number of hydrogen-bond donors (Lipinski definition) is 1. The summed E-state index contributed by atoms with van der Waals surface area (Å²) in [5, 5.41) is 11.6. The van der Waals surface area contributed by atoms with Crippen LogP contribution in [0.2, 0.25) is 5.02 Å². The van der Waals surface area contributed by atoms with Crippen LogP contribution in [0.4, 0.5) is 10.5 Å². The van der Waals surface area contributed by atoms with E-state index >= 15 is 0 Å². The van der Waals surface area contributed by atoms with Gasteiger partial charge in [-0.25, -0.2) is 4.79 Å². The largest absolute Gasteiger partial charge is 0.495 e. The van der Waals surface area contributed by atoms with E-state index in [1.165, 1.54) is 27.0 Å². The molecule has 0 heterocycles. The number of rotatable bonds is 3. The third-order valence-electron chi connectivity index (χ3n) is 2.02. The summed E-state index contributed by atoms with van der Waals surface area (Å²) in [7, 11) is 1.50. The fraction of sp³-hybridized carbons (Fsp3) is 0.333. The number of hydrogen-bond acceptors (Lipinski definition) is 4. The molecule has 0 aromatic heterocycles. The van der Waals surface area contributed by atoms with Gasteiger partial charge in [0.05, 0.1) is 12.1 Å². The zero-order chi connectivity index (χ0) is 13.8. The predicted molar refractivity (Wildman–Crippen MR) is 67.8 cm³/mol. The van der Waals surface area contributed by atoms with Gasteiger partial charge in [-0.3, -0.25) is 5.32 Å². The van der Waals surface area contributed by atoms with E-state index in [0.29, 0.717) is 16.5 Å². The number of nitrogens with zero attached hydrogens (tertiary/aromatic N) is 1. The van der Waals surface area contributed by atoms with Crippen molar-refractivity contribution in [3.8, 4) is 11.8 Å². The van der Waals surface area contributed by atoms with Gasteiger partial charge < -0.3 is 9.47 Å². The molecule has 0 aliphatic heterocycles. The van der Waals surface area contributed by atoms with Crippen molar-refractivity contribution in [3.05, 3.63) is 23.2 Å². The SMILES string of the molecule is COc1ccc(NC(=O)OC(C)(C)C#N)cc1Cl. The maximum absolute atomic E-state index is 11.5. The van der Waals surface area contributed by atoms with Crippen molar-refractivity contribution in [2.45, 2.75) is 19.4 Å². The number of halogens is 1. The second kappa shape index (κ2) is 5.61. The number of nitriles is 1. The van der Waals surface area contributed by atoms with Gasteiger partial charge in [-0.15, -0.1) is 0 Å². The van der Waals surface area contributed by atoms with Crippen molar-refractivity contribution < 1.29 is 14.3 Å². The van der Waals surface area contributed by atoms with Crippen LogP contribution in [0.25, 0.3) is 0 Å². The summed E-state index contributed by atoms with van der Waals surface area (Å²) in [6.07, 6.45) is -0.720. The first kappa shape index (κ1) is 14.1. The Bertz CT molecular complexity index is 495. The third kappa shape index (κ3) is 3.82. The highest BCUT2D eigenvalue weighted by molar-refractivity contribution is 6.32. The Morgan fingerprint density at radius 2 is 2.17 bits per heavy atom. The molecule has 1 amide bonds. The maximum atomic E-state index is 11.5. The van der Waals surface area contributed by atoms with Gasteiger partial charge >= 0.3 is 6.09 Å². The number of nitrogens with one attached hydrogen (secondary N) is 1. The highest BCUT2D eigenvalue weighted by Crippen LogP contribution is 2.27. The van der Waals surface area contributed by atoms with E-state index in [4.69, 9.17) is 26.3 Å². The Hall–Kier alpha value is -1.93. The molecule has 1 aromatic rings. The van der Waals surface area contributed by atoms with Gasteiger partial charge in [0, 0.05) is 5.69 Å². The van der Waals surface area contributed by atoms with Gasteiger partial charge in [-0.2, -0.15) is 5.26 Å². The van der Waals surface area contributed by atoms with Crippen LogP contribution in [-0.2, 0) is 4.74 Å². The third-order valence-corrected chi connectivity index (χ3v) is 2.31. The fourth-order valence-corrected chi connectivity index (χ4v) is 1.40. The minimum absolute atomic E-state index is 0.370. The van der Waals surface area contributed by atoms with Crippen LogP contribution in [0, 0.1) is 11.3 Å². The smallest absolute Gasteiger partial charge is 0.413 e. The summed E-state index contributed by atoms with van der Waals surface area (Å²) in [4.78, 5) is 11.5. The zero-order valence-corrected chi connectivity index (χ0v) is 11.0. The van der Waals surface area contributed by atoms with Crippen LogP contribution >= 0.6 is 11.6 Å². The number of ether oxygens (including phenoxy) is 2. The molecule has 0 unspecified atom stereocenters. The van der Waals surface area contributed by atoms with E-state index < -0.39 is 11.7 Å². The molecule has 0 bridgehead atoms. The van der Waals surface area contributed by atoms with Crippen molar-refractivity contribution in [2.75, 3.05) is 12.4 Å². The molecule has 0 radical (unpaired) electrons. The van der Waals surface area contributed by atoms with Crippen molar-refractivity contribution >= 4 is 23.4 Å². The maximum Gasteiger partial charge on any atom is 0.413 e. The quantitative estimate of drug-likeness (QED) is 0.914. The first-order valence-electron chi connectivity index (χ1n) is 5.13. The van der Waals surface area contributed by atoms with Gasteiger partial charge in [0.15, 0.2) is 5.60 Å². The van der Waals surface area contributed by atoms with Crippen molar-refractivity contribution in [3.63, 3.8) is 0 Å². The minimum atomic E-state index is -1.18. The highest BCUT2D eigenvalue weighted by atomic mass is 35.5. The summed E-state index contributed by atoms with van der Waals surface area (Å²) >= 11 is 5.90. The van der Waals surface area contributed by atoms with Crippen LogP contribution < -0.4 is 10.1 Å². The Morgan fingerprint density at radius 3 is 2.67 bits per heavy atom. The van der Waals surface area contributed by atoms with E-state index in [2.05, 4.69) is 5.32 Å². The predicted octanol–water partition coefficient (Wildman–Crippen LogP) is 3.20. The average molecular weight is 269 g/mol. The average Bonchev–Trinajstić information content (AvgIpc) is 2.28. The Labute approximate surface area is 110 Å². The molecule has 0 atom stereocenters. The van der Waals surface area contributed by atoms with Crippen LogP contribution in [0.3, 0.4) is 0 Å². The number of carbonyl (C=O) groups excluding carboxylic acids is 1. The molecule has 0 fully saturated rings. The summed E-state index contributed by atoms with van der Waals surface area (Å²) in [5.74, 6) is 0.507. The highest BCUT2D eigenvalue weighted by Gasteiger charge is 2.22. The molecule has 6 heteroatoms. The molecule has 18 heavy (non-hydrogen) atoms. The van der Waals surface area contributed by atoms with Crippen LogP contribution in [0.15, 0.2) is 18.2 Å². The number of amides is 1. The van der Waals surface area contributed by atoms with Crippen molar-refractivity contribution in [1.29, 1.82) is 5.26 Å². The second-order valence-electron chi connectivity index (χ2n) is 3.99. The summed E-state index contributed by atoms with van der Waals surface area (Å²) in [5.41, 5.74) is -0.722. The van der Waals surface area contributed by atoms with Crippen molar-refractivity contribution in [1.82, 2.24) is 0 Å². The van der Waals surface area contributed by atoms with E-state index in [1.54, 1.807) is 12.1 Å². The molecule has 0 saturated heterocycles. The Kier molecular flexibility index (Phi) is 4.40. The molecule has 0 aliphatic carbocycles. The van der Waals surface area contributed by atoms with Gasteiger partial charge in [-0.05, 0) is 32.0 Å². The molecule has 96 valence electrons. The standard InChI is InChI=1S/C12H13ClN2O3/c1-12(2,7-14)18-11(16)15-8-4-5-10(17-3)9(13)6-8/h4-6H,1-3H3,(H,15,16). The lowest BCUT2D eigenvalue weighted by Gasteiger charge is -2.17. The fourth-order valence-electron chi connectivity index (χ4n) is 1.14. The van der Waals surface area contributed by atoms with Crippen LogP contribution in [0.5, 0.6) is 5.75 Å². The lowest BCUT2D eigenvalue weighted by atomic mass is 10.2. The lowest BCUT2D eigenvalue weighted by Crippen LogP contribution is -2.28. The molecular formula is C12H13ClN2O3. The summed E-state index contributed by atoms with van der Waals surface area (Å²) in [6, 6.07) is 6.62. The number of methoxy groups -OCH3 is 1. The summed E-state index contributed by atoms with van der Waals surface area (Å²) < 4.78 is 9.89. The minimum Gasteiger partial charge on any atom is -0.495 e. The molecule has 1 aromatic carbocycles. The molecule has 0 aliphatic rings. The Morgan fingerprint density at radius 1 is 1.50 bits per heavy atom. The molecule has 5 nitrogen and oxygen atoms in total. The topological polar surface area (TPSA) is 71.3 Å². The molecule has 1 rings (SSSR count). The van der Waals surface area contributed by atoms with E-state index in [9.17, 15) is 4.79 Å². The van der Waals surface area contributed by atoms with Gasteiger partial charge in [0.1, 0.15) is 11.8 Å². The first-order valence-corrected chi connectivity index (χ1v) is 5.50. The van der Waals surface area contributed by atoms with E-state index in [1.807, 2.05) is 6.07 Å². The Balaban J connectivity index is 2.72. The molecule has 0 spiro atoms. The second-order valence-corrected chi connectivity index (χ2v) is 4.39. The van der Waals surface area contributed by atoms with Gasteiger partial charge in [0.25, 0.3) is 0 Å². The number of carbonyl (C=O) groups is 1. The van der Waals surface area contributed by atoms with Crippen molar-refractivity contribution in [2.24, 2.45) is 0 Å². The summed E-state index contributed by atoms with van der Waals surface area (Å²) in [6.45, 7) is 2.99. The molecular weight excluding hydrogens is 256 g/mol. The first-order chi connectivity index (χ1) is 8.38.